The SMILES string of the molecule is Cc1ccccc1OCCCC(=O)Nc1ccc(CC(=O)O)cc1. The van der Waals surface area contributed by atoms with Crippen LogP contribution >= 0.6 is 0 Å². The molecule has 0 spiro atoms. The fourth-order valence-corrected chi connectivity index (χ4v) is 2.24. The highest BCUT2D eigenvalue weighted by atomic mass is 16.5. The second kappa shape index (κ2) is 8.72. The minimum absolute atomic E-state index is 0.0233. The van der Waals surface area contributed by atoms with Crippen molar-refractivity contribution in [1.82, 2.24) is 0 Å². The standard InChI is InChI=1S/C19H21NO4/c1-14-5-2-3-6-17(14)24-12-4-7-18(21)20-16-10-8-15(9-11-16)13-19(22)23/h2-3,5-6,8-11H,4,7,12-13H2,1H3,(H,20,21)(H,22,23). The van der Waals surface area contributed by atoms with E-state index in [1.807, 2.05) is 31.2 Å². The Morgan fingerprint density at radius 1 is 1.08 bits per heavy atom. The average molecular weight is 327 g/mol. The number of carboxylic acids is 1. The van der Waals surface area contributed by atoms with Crippen LogP contribution in [0, 0.1) is 6.92 Å². The largest absolute Gasteiger partial charge is 0.493 e. The Kier molecular flexibility index (Phi) is 6.37. The van der Waals surface area contributed by atoms with E-state index in [1.165, 1.54) is 0 Å². The summed E-state index contributed by atoms with van der Waals surface area (Å²) >= 11 is 0. The lowest BCUT2D eigenvalue weighted by atomic mass is 10.1. The Morgan fingerprint density at radius 2 is 1.79 bits per heavy atom. The molecule has 0 aliphatic heterocycles. The number of carbonyl (C=O) groups excluding carboxylic acids is 1. The van der Waals surface area contributed by atoms with Crippen LogP contribution in [0.25, 0.3) is 0 Å². The fourth-order valence-electron chi connectivity index (χ4n) is 2.24. The molecular weight excluding hydrogens is 306 g/mol. The molecular formula is C19H21NO4. The molecule has 0 radical (unpaired) electrons. The van der Waals surface area contributed by atoms with Gasteiger partial charge in [-0.1, -0.05) is 30.3 Å². The molecule has 0 aliphatic carbocycles. The van der Waals surface area contributed by atoms with E-state index in [0.29, 0.717) is 30.7 Å². The fraction of sp³-hybridized carbons (Fsp3) is 0.263. The first-order valence-corrected chi connectivity index (χ1v) is 7.83. The summed E-state index contributed by atoms with van der Waals surface area (Å²) < 4.78 is 5.65. The Labute approximate surface area is 141 Å². The maximum absolute atomic E-state index is 11.9. The molecule has 2 N–H and O–H groups in total. The summed E-state index contributed by atoms with van der Waals surface area (Å²) in [5.41, 5.74) is 2.43. The Balaban J connectivity index is 1.71. The highest BCUT2D eigenvalue weighted by molar-refractivity contribution is 5.90. The summed E-state index contributed by atoms with van der Waals surface area (Å²) in [6.07, 6.45) is 0.963. The Hall–Kier alpha value is -2.82. The van der Waals surface area contributed by atoms with Gasteiger partial charge < -0.3 is 15.2 Å². The highest BCUT2D eigenvalue weighted by Crippen LogP contribution is 2.16. The number of rotatable bonds is 8. The minimum atomic E-state index is -0.875. The maximum atomic E-state index is 11.9. The van der Waals surface area contributed by atoms with Crippen LogP contribution in [-0.4, -0.2) is 23.6 Å². The van der Waals surface area contributed by atoms with E-state index < -0.39 is 5.97 Å². The van der Waals surface area contributed by atoms with Crippen molar-refractivity contribution in [3.05, 3.63) is 59.7 Å². The molecule has 1 amide bonds. The van der Waals surface area contributed by atoms with E-state index in [2.05, 4.69) is 5.32 Å². The summed E-state index contributed by atoms with van der Waals surface area (Å²) in [7, 11) is 0. The lowest BCUT2D eigenvalue weighted by Crippen LogP contribution is -2.13. The predicted octanol–water partition coefficient (Wildman–Crippen LogP) is 3.42. The molecule has 0 aromatic heterocycles. The van der Waals surface area contributed by atoms with Crippen LogP contribution in [0.2, 0.25) is 0 Å². The van der Waals surface area contributed by atoms with E-state index in [-0.39, 0.29) is 12.3 Å². The molecule has 2 rings (SSSR count). The number of anilines is 1. The first-order valence-electron chi connectivity index (χ1n) is 7.83. The van der Waals surface area contributed by atoms with Gasteiger partial charge in [0.2, 0.25) is 5.91 Å². The Morgan fingerprint density at radius 3 is 2.46 bits per heavy atom. The first-order chi connectivity index (χ1) is 11.5. The van der Waals surface area contributed by atoms with E-state index in [9.17, 15) is 9.59 Å². The summed E-state index contributed by atoms with van der Waals surface area (Å²) in [6, 6.07) is 14.6. The zero-order valence-corrected chi connectivity index (χ0v) is 13.6. The van der Waals surface area contributed by atoms with Crippen LogP contribution in [0.5, 0.6) is 5.75 Å². The molecule has 0 atom stereocenters. The Bertz CT molecular complexity index is 695. The molecule has 5 heteroatoms. The van der Waals surface area contributed by atoms with Crippen molar-refractivity contribution >= 4 is 17.6 Å². The molecule has 2 aromatic rings. The number of para-hydroxylation sites is 1. The van der Waals surface area contributed by atoms with Crippen molar-refractivity contribution in [2.75, 3.05) is 11.9 Å². The molecule has 0 heterocycles. The van der Waals surface area contributed by atoms with Gasteiger partial charge in [-0.2, -0.15) is 0 Å². The van der Waals surface area contributed by atoms with Crippen molar-refractivity contribution in [2.24, 2.45) is 0 Å². The van der Waals surface area contributed by atoms with E-state index in [1.54, 1.807) is 24.3 Å². The predicted molar refractivity (Wildman–Crippen MR) is 92.3 cm³/mol. The monoisotopic (exact) mass is 327 g/mol. The smallest absolute Gasteiger partial charge is 0.307 e. The number of carbonyl (C=O) groups is 2. The quantitative estimate of drug-likeness (QED) is 0.729. The summed E-state index contributed by atoms with van der Waals surface area (Å²) in [4.78, 5) is 22.5. The summed E-state index contributed by atoms with van der Waals surface area (Å²) in [6.45, 7) is 2.46. The van der Waals surface area contributed by atoms with Crippen LogP contribution in [0.3, 0.4) is 0 Å². The van der Waals surface area contributed by atoms with Crippen molar-refractivity contribution in [2.45, 2.75) is 26.2 Å². The topological polar surface area (TPSA) is 75.6 Å². The third kappa shape index (κ3) is 5.76. The van der Waals surface area contributed by atoms with Crippen molar-refractivity contribution in [3.8, 4) is 5.75 Å². The van der Waals surface area contributed by atoms with Gasteiger partial charge in [0.15, 0.2) is 0 Å². The summed E-state index contributed by atoms with van der Waals surface area (Å²) in [5, 5.41) is 11.5. The molecule has 0 bridgehead atoms. The zero-order chi connectivity index (χ0) is 17.4. The number of aliphatic carboxylic acids is 1. The number of hydrogen-bond acceptors (Lipinski definition) is 3. The molecule has 2 aromatic carbocycles. The third-order valence-corrected chi connectivity index (χ3v) is 3.49. The molecule has 0 saturated carbocycles. The van der Waals surface area contributed by atoms with E-state index >= 15 is 0 Å². The minimum Gasteiger partial charge on any atom is -0.493 e. The molecule has 0 aliphatic rings. The number of amides is 1. The van der Waals surface area contributed by atoms with Gasteiger partial charge in [0.05, 0.1) is 13.0 Å². The van der Waals surface area contributed by atoms with Gasteiger partial charge in [0.1, 0.15) is 5.75 Å². The van der Waals surface area contributed by atoms with Crippen LogP contribution in [0.4, 0.5) is 5.69 Å². The van der Waals surface area contributed by atoms with Crippen LogP contribution in [0.1, 0.15) is 24.0 Å². The lowest BCUT2D eigenvalue weighted by molar-refractivity contribution is -0.136. The number of carboxylic acid groups (broad SMARTS) is 1. The molecule has 5 nitrogen and oxygen atoms in total. The number of ether oxygens (including phenoxy) is 1. The molecule has 24 heavy (non-hydrogen) atoms. The van der Waals surface area contributed by atoms with Crippen molar-refractivity contribution in [1.29, 1.82) is 0 Å². The second-order valence-corrected chi connectivity index (χ2v) is 5.53. The van der Waals surface area contributed by atoms with Gasteiger partial charge >= 0.3 is 5.97 Å². The highest BCUT2D eigenvalue weighted by Gasteiger charge is 2.05. The van der Waals surface area contributed by atoms with E-state index in [4.69, 9.17) is 9.84 Å². The van der Waals surface area contributed by atoms with Gasteiger partial charge in [0, 0.05) is 12.1 Å². The number of hydrogen-bond donors (Lipinski definition) is 2. The van der Waals surface area contributed by atoms with Gasteiger partial charge in [-0.3, -0.25) is 9.59 Å². The number of benzene rings is 2. The van der Waals surface area contributed by atoms with Gasteiger partial charge in [-0.15, -0.1) is 0 Å². The third-order valence-electron chi connectivity index (χ3n) is 3.49. The number of nitrogens with one attached hydrogen (secondary N) is 1. The van der Waals surface area contributed by atoms with Gasteiger partial charge in [-0.25, -0.2) is 0 Å². The first kappa shape index (κ1) is 17.5. The van der Waals surface area contributed by atoms with Gasteiger partial charge in [-0.05, 0) is 42.7 Å². The van der Waals surface area contributed by atoms with Crippen LogP contribution in [-0.2, 0) is 16.0 Å². The van der Waals surface area contributed by atoms with Crippen molar-refractivity contribution in [3.63, 3.8) is 0 Å². The van der Waals surface area contributed by atoms with Crippen LogP contribution in [0.15, 0.2) is 48.5 Å². The van der Waals surface area contributed by atoms with Crippen molar-refractivity contribution < 1.29 is 19.4 Å². The van der Waals surface area contributed by atoms with E-state index in [0.717, 1.165) is 11.3 Å². The number of aryl methyl sites for hydroxylation is 1. The second-order valence-electron chi connectivity index (χ2n) is 5.53. The maximum Gasteiger partial charge on any atom is 0.307 e. The normalized spacial score (nSPS) is 10.2. The molecule has 0 unspecified atom stereocenters. The zero-order valence-electron chi connectivity index (χ0n) is 13.6. The average Bonchev–Trinajstić information content (AvgIpc) is 2.54. The molecule has 126 valence electrons. The molecule has 0 fully saturated rings. The summed E-state index contributed by atoms with van der Waals surface area (Å²) in [5.74, 6) is -0.123. The lowest BCUT2D eigenvalue weighted by Gasteiger charge is -2.09. The molecule has 0 saturated heterocycles. The van der Waals surface area contributed by atoms with Gasteiger partial charge in [0.25, 0.3) is 0 Å². The van der Waals surface area contributed by atoms with Crippen LogP contribution < -0.4 is 10.1 Å².